The molecule has 11 nitrogen and oxygen atoms in total. The molecule has 0 spiro atoms. The van der Waals surface area contributed by atoms with E-state index >= 15 is 0 Å². The van der Waals surface area contributed by atoms with E-state index in [0.29, 0.717) is 42.9 Å². The SMILES string of the molecule is CCOC1=C(CN2O[C@@H](CN)[C@@H]([C@H](C)O)[C@H]2C(=O)N[C@H]2C[C@H](C(C)C)CC[C@@H]2C)C=CCC1c1cc(C(=O)NCCN(C)C)cc(N(C)C)c1. The van der Waals surface area contributed by atoms with Crippen LogP contribution >= 0.6 is 0 Å². The molecule has 1 saturated heterocycles. The first kappa shape index (κ1) is 39.8. The van der Waals surface area contributed by atoms with Crippen molar-refractivity contribution in [3.8, 4) is 0 Å². The van der Waals surface area contributed by atoms with Crippen molar-refractivity contribution in [1.82, 2.24) is 20.6 Å². The molecule has 0 radical (unpaired) electrons. The zero-order valence-electron chi connectivity index (χ0n) is 31.9. The number of nitrogens with two attached hydrogens (primary N) is 1. The third kappa shape index (κ3) is 9.67. The van der Waals surface area contributed by atoms with Gasteiger partial charge in [-0.05, 0) is 95.1 Å². The molecular formula is C39H64N6O5. The van der Waals surface area contributed by atoms with Gasteiger partial charge in [0.1, 0.15) is 11.8 Å². The number of allylic oxidation sites excluding steroid dienone is 2. The standard InChI is InChI=1S/C39H64N6O5/c1-10-49-37-28(12-11-13-32(37)29-18-30(20-31(19-29)44(8)9)38(47)41-16-17-43(6)7)23-45-36(35(26(5)46)34(22-40)50-45)39(48)42-33-21-27(24(2)3)15-14-25(33)4/h11-12,18-20,24-27,32-36,46H,10,13-17,21-23,40H2,1-9H3,(H,41,47)(H,42,48)/t25-,26-,27+,32?,33-,34-,35+,36-/m0/s1. The Kier molecular flexibility index (Phi) is 14.3. The summed E-state index contributed by atoms with van der Waals surface area (Å²) >= 11 is 0. The van der Waals surface area contributed by atoms with Gasteiger partial charge in [0.15, 0.2) is 0 Å². The van der Waals surface area contributed by atoms with Crippen LogP contribution in [0.1, 0.15) is 82.1 Å². The summed E-state index contributed by atoms with van der Waals surface area (Å²) in [5, 5.41) is 19.2. The molecular weight excluding hydrogens is 632 g/mol. The molecule has 50 heavy (non-hydrogen) atoms. The highest BCUT2D eigenvalue weighted by Gasteiger charge is 2.50. The largest absolute Gasteiger partial charge is 0.497 e. The van der Waals surface area contributed by atoms with Crippen LogP contribution in [0, 0.1) is 23.7 Å². The topological polar surface area (TPSA) is 133 Å². The predicted molar refractivity (Wildman–Crippen MR) is 200 cm³/mol. The summed E-state index contributed by atoms with van der Waals surface area (Å²) < 4.78 is 6.41. The van der Waals surface area contributed by atoms with Crippen molar-refractivity contribution in [2.24, 2.45) is 29.4 Å². The number of likely N-dealkylation sites (N-methyl/N-ethyl adjacent to an activating group) is 1. The molecule has 2 amide bonds. The second kappa shape index (κ2) is 18.0. The second-order valence-corrected chi connectivity index (χ2v) is 15.4. The molecule has 3 aliphatic rings. The molecule has 280 valence electrons. The molecule has 1 aromatic carbocycles. The number of hydrogen-bond acceptors (Lipinski definition) is 9. The Hall–Kier alpha value is -2.96. The number of nitrogens with one attached hydrogen (secondary N) is 2. The number of ether oxygens (including phenoxy) is 1. The molecule has 1 saturated carbocycles. The molecule has 11 heteroatoms. The van der Waals surface area contributed by atoms with Crippen LogP contribution < -0.4 is 21.3 Å². The summed E-state index contributed by atoms with van der Waals surface area (Å²) in [6, 6.07) is 5.33. The molecule has 1 unspecified atom stereocenters. The number of carbonyl (C=O) groups is 2. The zero-order chi connectivity index (χ0) is 36.7. The van der Waals surface area contributed by atoms with Gasteiger partial charge in [-0.3, -0.25) is 14.4 Å². The Morgan fingerprint density at radius 2 is 1.88 bits per heavy atom. The van der Waals surface area contributed by atoms with Crippen LogP contribution in [0.25, 0.3) is 0 Å². The zero-order valence-corrected chi connectivity index (χ0v) is 31.9. The van der Waals surface area contributed by atoms with Gasteiger partial charge in [-0.15, -0.1) is 0 Å². The fourth-order valence-corrected chi connectivity index (χ4v) is 7.76. The maximum atomic E-state index is 14.3. The quantitative estimate of drug-likeness (QED) is 0.216. The highest BCUT2D eigenvalue weighted by Crippen LogP contribution is 2.40. The Morgan fingerprint density at radius 3 is 2.50 bits per heavy atom. The molecule has 0 aromatic heterocycles. The van der Waals surface area contributed by atoms with Crippen LogP contribution in [-0.4, -0.2) is 112 Å². The third-order valence-corrected chi connectivity index (χ3v) is 10.9. The summed E-state index contributed by atoms with van der Waals surface area (Å²) in [5.74, 6) is 1.39. The summed E-state index contributed by atoms with van der Waals surface area (Å²) in [6.45, 7) is 12.6. The minimum absolute atomic E-state index is 0.0625. The van der Waals surface area contributed by atoms with E-state index in [1.165, 1.54) is 6.42 Å². The number of nitrogens with zero attached hydrogens (tertiary/aromatic N) is 3. The van der Waals surface area contributed by atoms with Crippen molar-refractivity contribution in [1.29, 1.82) is 0 Å². The lowest BCUT2D eigenvalue weighted by Gasteiger charge is -2.38. The molecule has 2 aliphatic carbocycles. The lowest BCUT2D eigenvalue weighted by Crippen LogP contribution is -2.54. The van der Waals surface area contributed by atoms with Gasteiger partial charge >= 0.3 is 0 Å². The Bertz CT molecular complexity index is 1360. The first-order valence-corrected chi connectivity index (χ1v) is 18.6. The van der Waals surface area contributed by atoms with Crippen LogP contribution in [0.4, 0.5) is 5.69 Å². The van der Waals surface area contributed by atoms with Crippen LogP contribution in [0.5, 0.6) is 0 Å². The molecule has 8 atom stereocenters. The van der Waals surface area contributed by atoms with Gasteiger partial charge in [0.25, 0.3) is 5.91 Å². The monoisotopic (exact) mass is 696 g/mol. The van der Waals surface area contributed by atoms with E-state index in [1.807, 2.05) is 63.1 Å². The average molecular weight is 697 g/mol. The van der Waals surface area contributed by atoms with Gasteiger partial charge in [0, 0.05) is 68.4 Å². The number of carbonyl (C=O) groups excluding carboxylic acids is 2. The van der Waals surface area contributed by atoms with Crippen LogP contribution in [-0.2, 0) is 14.4 Å². The van der Waals surface area contributed by atoms with E-state index in [2.05, 4.69) is 43.5 Å². The van der Waals surface area contributed by atoms with Gasteiger partial charge in [-0.1, -0.05) is 32.9 Å². The summed E-state index contributed by atoms with van der Waals surface area (Å²) in [4.78, 5) is 38.0. The molecule has 4 rings (SSSR count). The number of hydroxylamine groups is 2. The van der Waals surface area contributed by atoms with E-state index < -0.39 is 24.2 Å². The minimum atomic E-state index is -0.803. The van der Waals surface area contributed by atoms with Crippen LogP contribution in [0.15, 0.2) is 41.7 Å². The lowest BCUT2D eigenvalue weighted by atomic mass is 9.74. The van der Waals surface area contributed by atoms with Gasteiger partial charge in [-0.2, -0.15) is 5.06 Å². The smallest absolute Gasteiger partial charge is 0.251 e. The second-order valence-electron chi connectivity index (χ2n) is 15.4. The van der Waals surface area contributed by atoms with Crippen molar-refractivity contribution >= 4 is 17.5 Å². The van der Waals surface area contributed by atoms with E-state index in [-0.39, 0.29) is 36.9 Å². The number of aliphatic hydroxyl groups is 1. The normalized spacial score (nSPS) is 27.9. The number of amides is 2. The summed E-state index contributed by atoms with van der Waals surface area (Å²) in [7, 11) is 7.90. The summed E-state index contributed by atoms with van der Waals surface area (Å²) in [5.41, 5.74) is 9.58. The van der Waals surface area contributed by atoms with Gasteiger partial charge < -0.3 is 36.0 Å². The van der Waals surface area contributed by atoms with Crippen molar-refractivity contribution in [3.05, 3.63) is 52.8 Å². The Labute approximate surface area is 300 Å². The predicted octanol–water partition coefficient (Wildman–Crippen LogP) is 3.90. The molecule has 1 aromatic rings. The van der Waals surface area contributed by atoms with Crippen molar-refractivity contribution in [2.75, 3.05) is 65.9 Å². The van der Waals surface area contributed by atoms with Crippen LogP contribution in [0.2, 0.25) is 0 Å². The number of hydrogen-bond donors (Lipinski definition) is 4. The van der Waals surface area contributed by atoms with Crippen molar-refractivity contribution in [3.63, 3.8) is 0 Å². The van der Waals surface area contributed by atoms with Crippen molar-refractivity contribution < 1.29 is 24.3 Å². The number of aliphatic hydroxyl groups excluding tert-OH is 1. The highest BCUT2D eigenvalue weighted by molar-refractivity contribution is 5.95. The molecule has 1 heterocycles. The maximum absolute atomic E-state index is 14.3. The number of benzene rings is 1. The number of anilines is 1. The fourth-order valence-electron chi connectivity index (χ4n) is 7.76. The van der Waals surface area contributed by atoms with Gasteiger partial charge in [-0.25, -0.2) is 0 Å². The van der Waals surface area contributed by atoms with E-state index in [0.717, 1.165) is 42.0 Å². The lowest BCUT2D eigenvalue weighted by molar-refractivity contribution is -0.164. The average Bonchev–Trinajstić information content (AvgIpc) is 3.44. The maximum Gasteiger partial charge on any atom is 0.251 e. The summed E-state index contributed by atoms with van der Waals surface area (Å²) in [6.07, 6.45) is 6.75. The first-order chi connectivity index (χ1) is 23.7. The molecule has 0 bridgehead atoms. The Morgan fingerprint density at radius 1 is 1.14 bits per heavy atom. The minimum Gasteiger partial charge on any atom is -0.497 e. The fraction of sp³-hybridized carbons (Fsp3) is 0.692. The van der Waals surface area contributed by atoms with E-state index in [1.54, 1.807) is 12.0 Å². The third-order valence-electron chi connectivity index (χ3n) is 10.9. The molecule has 2 fully saturated rings. The van der Waals surface area contributed by atoms with Crippen LogP contribution in [0.3, 0.4) is 0 Å². The van der Waals surface area contributed by atoms with Gasteiger partial charge in [0.2, 0.25) is 5.91 Å². The van der Waals surface area contributed by atoms with E-state index in [4.69, 9.17) is 15.3 Å². The van der Waals surface area contributed by atoms with Gasteiger partial charge in [0.05, 0.1) is 25.4 Å². The molecule has 5 N–H and O–H groups in total. The first-order valence-electron chi connectivity index (χ1n) is 18.6. The van der Waals surface area contributed by atoms with Crippen molar-refractivity contribution in [2.45, 2.75) is 90.5 Å². The number of rotatable bonds is 15. The Balaban J connectivity index is 1.67. The highest BCUT2D eigenvalue weighted by atomic mass is 16.7. The molecule has 1 aliphatic heterocycles. The van der Waals surface area contributed by atoms with E-state index in [9.17, 15) is 14.7 Å².